The number of rotatable bonds is 12. The molecule has 1 atom stereocenters. The minimum Gasteiger partial charge on any atom is -0.505 e. The molecule has 1 N–H and O–H groups in total. The average molecular weight is 636 g/mol. The predicted molar refractivity (Wildman–Crippen MR) is 175 cm³/mol. The summed E-state index contributed by atoms with van der Waals surface area (Å²) in [6.07, 6.45) is -0.409. The van der Waals surface area contributed by atoms with Crippen LogP contribution in [0, 0.1) is 0 Å². The van der Waals surface area contributed by atoms with Gasteiger partial charge in [0.2, 0.25) is 0 Å². The number of phenolic OH excluding ortho intramolecular Hbond substituents is 1. The van der Waals surface area contributed by atoms with Crippen LogP contribution in [0.1, 0.15) is 108 Å². The van der Waals surface area contributed by atoms with E-state index in [0.29, 0.717) is 16.8 Å². The van der Waals surface area contributed by atoms with Gasteiger partial charge in [-0.2, -0.15) is 13.2 Å². The summed E-state index contributed by atoms with van der Waals surface area (Å²) in [5, 5.41) is 20.8. The van der Waals surface area contributed by atoms with Crippen molar-refractivity contribution in [2.45, 2.75) is 97.1 Å². The van der Waals surface area contributed by atoms with Crippen LogP contribution in [0.25, 0.3) is 16.7 Å². The lowest BCUT2D eigenvalue weighted by Crippen LogP contribution is -2.24. The van der Waals surface area contributed by atoms with Gasteiger partial charge in [0, 0.05) is 22.5 Å². The highest BCUT2D eigenvalue weighted by Gasteiger charge is 2.33. The van der Waals surface area contributed by atoms with Gasteiger partial charge in [-0.3, -0.25) is 0 Å². The normalized spacial score (nSPS) is 13.2. The lowest BCUT2D eigenvalue weighted by molar-refractivity contribution is -0.139. The molecule has 246 valence electrons. The molecule has 0 amide bonds. The SMILES string of the molecule is C=C(C)C(=O)OCC(C)c1cccc(C(C)(C)c2cc(C(C)(C)CCCCC)cc(-n3nc4ccc(C(F)(F)F)cc4n3)c2O)c1. The van der Waals surface area contributed by atoms with Crippen LogP contribution in [-0.4, -0.2) is 32.7 Å². The van der Waals surface area contributed by atoms with Crippen LogP contribution in [0.15, 0.2) is 66.7 Å². The number of halogens is 3. The average Bonchev–Trinajstić information content (AvgIpc) is 3.42. The summed E-state index contributed by atoms with van der Waals surface area (Å²) in [4.78, 5) is 13.2. The van der Waals surface area contributed by atoms with E-state index in [9.17, 15) is 23.1 Å². The van der Waals surface area contributed by atoms with E-state index in [0.717, 1.165) is 54.5 Å². The molecule has 0 aliphatic rings. The Bertz CT molecular complexity index is 1740. The fourth-order valence-corrected chi connectivity index (χ4v) is 5.61. The Kier molecular flexibility index (Phi) is 10.0. The number of carbonyl (C=O) groups is 1. The van der Waals surface area contributed by atoms with Crippen molar-refractivity contribution in [3.63, 3.8) is 0 Å². The van der Waals surface area contributed by atoms with E-state index in [1.807, 2.05) is 51.1 Å². The second-order valence-electron chi connectivity index (χ2n) is 13.5. The number of hydrogen-bond acceptors (Lipinski definition) is 5. The zero-order valence-corrected chi connectivity index (χ0v) is 27.8. The van der Waals surface area contributed by atoms with Crippen molar-refractivity contribution < 1.29 is 27.8 Å². The monoisotopic (exact) mass is 635 g/mol. The Labute approximate surface area is 269 Å². The molecule has 0 aliphatic heterocycles. The van der Waals surface area contributed by atoms with Gasteiger partial charge in [-0.05, 0) is 59.7 Å². The fourth-order valence-electron chi connectivity index (χ4n) is 5.61. The van der Waals surface area contributed by atoms with Gasteiger partial charge < -0.3 is 9.84 Å². The van der Waals surface area contributed by atoms with Gasteiger partial charge in [-0.15, -0.1) is 15.0 Å². The van der Waals surface area contributed by atoms with E-state index >= 15 is 0 Å². The van der Waals surface area contributed by atoms with E-state index in [-0.39, 0.29) is 34.7 Å². The van der Waals surface area contributed by atoms with Crippen LogP contribution >= 0.6 is 0 Å². The summed E-state index contributed by atoms with van der Waals surface area (Å²) in [6, 6.07) is 15.1. The van der Waals surface area contributed by atoms with Crippen LogP contribution in [0.5, 0.6) is 5.75 Å². The Hall–Kier alpha value is -4.14. The molecule has 6 nitrogen and oxygen atoms in total. The molecule has 1 unspecified atom stereocenters. The molecule has 1 aromatic heterocycles. The highest BCUT2D eigenvalue weighted by Crippen LogP contribution is 2.44. The van der Waals surface area contributed by atoms with Crippen molar-refractivity contribution in [3.8, 4) is 11.4 Å². The third-order valence-electron chi connectivity index (χ3n) is 8.86. The van der Waals surface area contributed by atoms with E-state index < -0.39 is 23.1 Å². The first-order chi connectivity index (χ1) is 21.5. The van der Waals surface area contributed by atoms with Gasteiger partial charge >= 0.3 is 12.1 Å². The summed E-state index contributed by atoms with van der Waals surface area (Å²) in [7, 11) is 0. The van der Waals surface area contributed by atoms with E-state index in [1.54, 1.807) is 6.92 Å². The Morgan fingerprint density at radius 1 is 0.957 bits per heavy atom. The molecule has 0 aliphatic carbocycles. The number of nitrogens with zero attached hydrogens (tertiary/aromatic N) is 3. The molecule has 0 spiro atoms. The summed E-state index contributed by atoms with van der Waals surface area (Å²) in [5.41, 5.74) is 2.70. The second-order valence-corrected chi connectivity index (χ2v) is 13.5. The highest BCUT2D eigenvalue weighted by atomic mass is 19.4. The number of fused-ring (bicyclic) bond motifs is 1. The maximum absolute atomic E-state index is 13.4. The molecule has 3 aromatic carbocycles. The predicted octanol–water partition coefficient (Wildman–Crippen LogP) is 9.55. The molecular weight excluding hydrogens is 591 g/mol. The topological polar surface area (TPSA) is 77.2 Å². The molecule has 0 bridgehead atoms. The number of esters is 1. The Morgan fingerprint density at radius 2 is 1.65 bits per heavy atom. The van der Waals surface area contributed by atoms with E-state index in [4.69, 9.17) is 4.74 Å². The maximum Gasteiger partial charge on any atom is 0.416 e. The van der Waals surface area contributed by atoms with Crippen LogP contribution in [-0.2, 0) is 26.5 Å². The minimum atomic E-state index is -4.52. The lowest BCUT2D eigenvalue weighted by atomic mass is 9.73. The van der Waals surface area contributed by atoms with Gasteiger partial charge in [0.15, 0.2) is 0 Å². The van der Waals surface area contributed by atoms with Crippen molar-refractivity contribution in [2.24, 2.45) is 0 Å². The van der Waals surface area contributed by atoms with Gasteiger partial charge in [-0.1, -0.05) is 97.7 Å². The third kappa shape index (κ3) is 7.45. The summed E-state index contributed by atoms with van der Waals surface area (Å²) in [6.45, 7) is 17.9. The molecule has 4 rings (SSSR count). The summed E-state index contributed by atoms with van der Waals surface area (Å²) in [5.74, 6) is -0.577. The number of unbranched alkanes of at least 4 members (excludes halogenated alkanes) is 2. The van der Waals surface area contributed by atoms with Crippen LogP contribution in [0.4, 0.5) is 13.2 Å². The highest BCUT2D eigenvalue weighted by molar-refractivity contribution is 5.86. The molecule has 4 aromatic rings. The number of aromatic nitrogens is 3. The largest absolute Gasteiger partial charge is 0.505 e. The molecule has 0 saturated heterocycles. The van der Waals surface area contributed by atoms with E-state index in [2.05, 4.69) is 43.6 Å². The minimum absolute atomic E-state index is 0.0525. The van der Waals surface area contributed by atoms with Crippen molar-refractivity contribution >= 4 is 17.0 Å². The molecule has 0 saturated carbocycles. The lowest BCUT2D eigenvalue weighted by Gasteiger charge is -2.32. The number of phenols is 1. The van der Waals surface area contributed by atoms with E-state index in [1.165, 1.54) is 10.9 Å². The Balaban J connectivity index is 1.84. The van der Waals surface area contributed by atoms with Crippen molar-refractivity contribution in [2.75, 3.05) is 6.61 Å². The van der Waals surface area contributed by atoms with Crippen molar-refractivity contribution in [1.82, 2.24) is 15.0 Å². The van der Waals surface area contributed by atoms with Gasteiger partial charge in [0.25, 0.3) is 0 Å². The Morgan fingerprint density at radius 3 is 2.30 bits per heavy atom. The molecule has 1 heterocycles. The second kappa shape index (κ2) is 13.3. The molecule has 46 heavy (non-hydrogen) atoms. The quantitative estimate of drug-likeness (QED) is 0.0953. The number of benzene rings is 3. The third-order valence-corrected chi connectivity index (χ3v) is 8.86. The number of hydrogen-bond donors (Lipinski definition) is 1. The first-order valence-corrected chi connectivity index (χ1v) is 15.7. The number of aromatic hydroxyl groups is 1. The van der Waals surface area contributed by atoms with Gasteiger partial charge in [0.05, 0.1) is 12.2 Å². The number of alkyl halides is 3. The van der Waals surface area contributed by atoms with Crippen LogP contribution in [0.3, 0.4) is 0 Å². The zero-order valence-electron chi connectivity index (χ0n) is 27.8. The molecular formula is C37H44F3N3O3. The smallest absolute Gasteiger partial charge is 0.416 e. The molecule has 0 radical (unpaired) electrons. The standard InChI is InChI=1S/C37H44F3N3O3/c1-9-10-11-17-35(5,6)28-19-29(36(7,8)26-14-12-13-25(18-26)24(4)22-46-34(45)23(2)3)33(44)32(21-28)43-41-30-16-15-27(37(38,39)40)20-31(30)42-43/h12-16,18-21,24,44H,2,9-11,17,22H2,1,3-8H3. The number of ether oxygens (including phenoxy) is 1. The van der Waals surface area contributed by atoms with Crippen LogP contribution in [0.2, 0.25) is 0 Å². The molecule has 9 heteroatoms. The van der Waals surface area contributed by atoms with Crippen molar-refractivity contribution in [3.05, 3.63) is 94.6 Å². The van der Waals surface area contributed by atoms with Gasteiger partial charge in [-0.25, -0.2) is 4.79 Å². The zero-order chi connectivity index (χ0) is 34.0. The van der Waals surface area contributed by atoms with Crippen molar-refractivity contribution in [1.29, 1.82) is 0 Å². The molecule has 0 fully saturated rings. The fraction of sp³-hybridized carbons (Fsp3) is 0.432. The first kappa shape index (κ1) is 34.7. The van der Waals surface area contributed by atoms with Gasteiger partial charge in [0.1, 0.15) is 22.5 Å². The summed E-state index contributed by atoms with van der Waals surface area (Å²) < 4.78 is 45.7. The number of carbonyl (C=O) groups excluding carboxylic acids is 1. The first-order valence-electron chi connectivity index (χ1n) is 15.7. The summed E-state index contributed by atoms with van der Waals surface area (Å²) >= 11 is 0. The maximum atomic E-state index is 13.4. The van der Waals surface area contributed by atoms with Crippen LogP contribution < -0.4 is 0 Å².